The van der Waals surface area contributed by atoms with E-state index in [9.17, 15) is 4.79 Å². The van der Waals surface area contributed by atoms with E-state index in [2.05, 4.69) is 26.8 Å². The number of aromatic amines is 1. The highest BCUT2D eigenvalue weighted by Crippen LogP contribution is 2.21. The molecule has 0 aliphatic carbocycles. The number of benzene rings is 1. The second kappa shape index (κ2) is 5.89. The topological polar surface area (TPSA) is 62.7 Å². The van der Waals surface area contributed by atoms with Gasteiger partial charge in [-0.05, 0) is 43.7 Å². The minimum absolute atomic E-state index is 0.142. The van der Waals surface area contributed by atoms with Gasteiger partial charge in [0.15, 0.2) is 0 Å². The maximum atomic E-state index is 12.0. The molecular weight excluding hydrogens is 276 g/mol. The Bertz CT molecular complexity index is 756. The average molecular weight is 294 g/mol. The van der Waals surface area contributed by atoms with E-state index in [1.807, 2.05) is 37.4 Å². The molecule has 1 aromatic carbocycles. The molecule has 5 heteroatoms. The first-order valence-electron chi connectivity index (χ1n) is 7.19. The Labute approximate surface area is 129 Å². The van der Waals surface area contributed by atoms with Gasteiger partial charge < -0.3 is 14.9 Å². The minimum Gasteiger partial charge on any atom is -0.357 e. The first-order chi connectivity index (χ1) is 10.6. The minimum atomic E-state index is -0.142. The summed E-state index contributed by atoms with van der Waals surface area (Å²) in [4.78, 5) is 19.1. The molecule has 0 bridgehead atoms. The molecule has 0 saturated heterocycles. The monoisotopic (exact) mass is 294 g/mol. The summed E-state index contributed by atoms with van der Waals surface area (Å²) in [6, 6.07) is 11.6. The Hall–Kier alpha value is -2.82. The number of carbonyl (C=O) groups is 1. The van der Waals surface area contributed by atoms with Crippen LogP contribution in [0.4, 0.5) is 5.69 Å². The molecule has 0 fully saturated rings. The van der Waals surface area contributed by atoms with Crippen molar-refractivity contribution >= 4 is 11.6 Å². The van der Waals surface area contributed by atoms with Gasteiger partial charge in [-0.3, -0.25) is 4.79 Å². The molecule has 0 aliphatic rings. The quantitative estimate of drug-likeness (QED) is 0.775. The van der Waals surface area contributed by atoms with E-state index in [4.69, 9.17) is 0 Å². The van der Waals surface area contributed by atoms with Crippen molar-refractivity contribution in [3.63, 3.8) is 0 Å². The summed E-state index contributed by atoms with van der Waals surface area (Å²) in [5.41, 5.74) is 2.49. The van der Waals surface area contributed by atoms with Crippen molar-refractivity contribution < 1.29 is 4.79 Å². The highest BCUT2D eigenvalue weighted by molar-refractivity contribution is 6.02. The maximum Gasteiger partial charge on any atom is 0.272 e. The van der Waals surface area contributed by atoms with Gasteiger partial charge in [0.25, 0.3) is 5.91 Å². The van der Waals surface area contributed by atoms with Crippen LogP contribution in [0.25, 0.3) is 0 Å². The Morgan fingerprint density at radius 3 is 2.64 bits per heavy atom. The van der Waals surface area contributed by atoms with Crippen molar-refractivity contribution in [2.45, 2.75) is 19.9 Å². The van der Waals surface area contributed by atoms with E-state index in [1.54, 1.807) is 24.5 Å². The number of nitrogens with one attached hydrogen (secondary N) is 2. The van der Waals surface area contributed by atoms with E-state index < -0.39 is 0 Å². The van der Waals surface area contributed by atoms with Crippen LogP contribution >= 0.6 is 0 Å². The van der Waals surface area contributed by atoms with Crippen molar-refractivity contribution in [2.24, 2.45) is 0 Å². The number of carbonyl (C=O) groups excluding carboxylic acids is 1. The number of aryl methyl sites for hydroxylation is 1. The van der Waals surface area contributed by atoms with Gasteiger partial charge in [0, 0.05) is 24.3 Å². The van der Waals surface area contributed by atoms with Crippen molar-refractivity contribution in [2.75, 3.05) is 5.32 Å². The van der Waals surface area contributed by atoms with Crippen molar-refractivity contribution in [3.8, 4) is 0 Å². The molecule has 5 nitrogen and oxygen atoms in total. The molecule has 2 N–H and O–H groups in total. The largest absolute Gasteiger partial charge is 0.357 e. The molecule has 0 spiro atoms. The smallest absolute Gasteiger partial charge is 0.272 e. The fourth-order valence-corrected chi connectivity index (χ4v) is 2.47. The lowest BCUT2D eigenvalue weighted by Gasteiger charge is -2.16. The predicted molar refractivity (Wildman–Crippen MR) is 86.0 cm³/mol. The fraction of sp³-hybridized carbons (Fsp3) is 0.176. The standard InChI is InChI=1S/C17H18N4O/c1-12(21-11-10-18-13(21)2)14-5-7-15(8-6-14)20-17(22)16-4-3-9-19-16/h3-12,19H,1-2H3,(H,20,22)/t12-/m0/s1. The van der Waals surface area contributed by atoms with Crippen molar-refractivity contribution in [1.29, 1.82) is 0 Å². The molecule has 0 unspecified atom stereocenters. The number of anilines is 1. The lowest BCUT2D eigenvalue weighted by atomic mass is 10.1. The number of imidazole rings is 1. The molecule has 0 radical (unpaired) electrons. The molecule has 0 aliphatic heterocycles. The number of rotatable bonds is 4. The van der Waals surface area contributed by atoms with Gasteiger partial charge in [-0.2, -0.15) is 0 Å². The second-order valence-corrected chi connectivity index (χ2v) is 5.22. The zero-order valence-corrected chi connectivity index (χ0v) is 12.6. The number of nitrogens with zero attached hydrogens (tertiary/aromatic N) is 2. The van der Waals surface area contributed by atoms with Crippen LogP contribution in [0.5, 0.6) is 0 Å². The molecule has 1 atom stereocenters. The van der Waals surface area contributed by atoms with Crippen molar-refractivity contribution in [3.05, 3.63) is 72.1 Å². The van der Waals surface area contributed by atoms with E-state index >= 15 is 0 Å². The summed E-state index contributed by atoms with van der Waals surface area (Å²) in [5.74, 6) is 0.841. The number of H-pyrrole nitrogens is 1. The molecule has 1 amide bonds. The summed E-state index contributed by atoms with van der Waals surface area (Å²) < 4.78 is 2.12. The van der Waals surface area contributed by atoms with Gasteiger partial charge in [-0.15, -0.1) is 0 Å². The number of aromatic nitrogens is 3. The zero-order valence-electron chi connectivity index (χ0n) is 12.6. The van der Waals surface area contributed by atoms with E-state index in [1.165, 1.54) is 5.56 Å². The van der Waals surface area contributed by atoms with Gasteiger partial charge in [0.2, 0.25) is 0 Å². The normalized spacial score (nSPS) is 12.1. The summed E-state index contributed by atoms with van der Waals surface area (Å²) in [6.07, 6.45) is 5.50. The van der Waals surface area contributed by atoms with Gasteiger partial charge in [-0.1, -0.05) is 12.1 Å². The van der Waals surface area contributed by atoms with Gasteiger partial charge >= 0.3 is 0 Å². The lowest BCUT2D eigenvalue weighted by molar-refractivity contribution is 0.102. The Morgan fingerprint density at radius 2 is 2.05 bits per heavy atom. The van der Waals surface area contributed by atoms with Crippen LogP contribution in [0.1, 0.15) is 34.8 Å². The van der Waals surface area contributed by atoms with E-state index in [0.29, 0.717) is 5.69 Å². The number of hydrogen-bond acceptors (Lipinski definition) is 2. The molecule has 112 valence electrons. The molecular formula is C17H18N4O. The van der Waals surface area contributed by atoms with Crippen LogP contribution in [0.3, 0.4) is 0 Å². The number of amides is 1. The Morgan fingerprint density at radius 1 is 1.27 bits per heavy atom. The molecule has 3 aromatic rings. The molecule has 0 saturated carbocycles. The van der Waals surface area contributed by atoms with Crippen molar-refractivity contribution in [1.82, 2.24) is 14.5 Å². The first-order valence-corrected chi connectivity index (χ1v) is 7.19. The van der Waals surface area contributed by atoms with Gasteiger partial charge in [0.05, 0.1) is 6.04 Å². The highest BCUT2D eigenvalue weighted by Gasteiger charge is 2.10. The molecule has 22 heavy (non-hydrogen) atoms. The van der Waals surface area contributed by atoms with Crippen LogP contribution < -0.4 is 5.32 Å². The fourth-order valence-electron chi connectivity index (χ4n) is 2.47. The number of hydrogen-bond donors (Lipinski definition) is 2. The highest BCUT2D eigenvalue weighted by atomic mass is 16.1. The van der Waals surface area contributed by atoms with Crippen LogP contribution in [-0.2, 0) is 0 Å². The van der Waals surface area contributed by atoms with Gasteiger partial charge in [-0.25, -0.2) is 4.98 Å². The maximum absolute atomic E-state index is 12.0. The molecule has 2 heterocycles. The zero-order chi connectivity index (χ0) is 15.5. The third kappa shape index (κ3) is 2.79. The third-order valence-electron chi connectivity index (χ3n) is 3.77. The third-order valence-corrected chi connectivity index (χ3v) is 3.77. The van der Waals surface area contributed by atoms with Crippen LogP contribution in [0.2, 0.25) is 0 Å². The average Bonchev–Trinajstić information content (AvgIpc) is 3.18. The van der Waals surface area contributed by atoms with Gasteiger partial charge in [0.1, 0.15) is 11.5 Å². The first kappa shape index (κ1) is 14.1. The van der Waals surface area contributed by atoms with Crippen LogP contribution in [0, 0.1) is 6.92 Å². The summed E-state index contributed by atoms with van der Waals surface area (Å²) >= 11 is 0. The Balaban J connectivity index is 1.73. The summed E-state index contributed by atoms with van der Waals surface area (Å²) in [5, 5.41) is 2.87. The second-order valence-electron chi connectivity index (χ2n) is 5.22. The van der Waals surface area contributed by atoms with Crippen LogP contribution in [-0.4, -0.2) is 20.4 Å². The lowest BCUT2D eigenvalue weighted by Crippen LogP contribution is -2.12. The van der Waals surface area contributed by atoms with E-state index in [-0.39, 0.29) is 11.9 Å². The molecule has 3 rings (SSSR count). The Kier molecular flexibility index (Phi) is 3.78. The van der Waals surface area contributed by atoms with E-state index in [0.717, 1.165) is 11.5 Å². The summed E-state index contributed by atoms with van der Waals surface area (Å²) in [7, 11) is 0. The molecule has 2 aromatic heterocycles. The van der Waals surface area contributed by atoms with Crippen LogP contribution in [0.15, 0.2) is 55.0 Å². The SMILES string of the molecule is Cc1nccn1[C@@H](C)c1ccc(NC(=O)c2ccc[nH]2)cc1. The summed E-state index contributed by atoms with van der Waals surface area (Å²) in [6.45, 7) is 4.11. The predicted octanol–water partition coefficient (Wildman–Crippen LogP) is 3.38.